The molecule has 0 aromatic heterocycles. The summed E-state index contributed by atoms with van der Waals surface area (Å²) in [5.74, 6) is -0.0694. The maximum Gasteiger partial charge on any atom is 0.254 e. The van der Waals surface area contributed by atoms with Crippen molar-refractivity contribution in [2.75, 3.05) is 64.9 Å². The number of hydrogen-bond donors (Lipinski definition) is 1. The van der Waals surface area contributed by atoms with Gasteiger partial charge in [0.25, 0.3) is 5.91 Å². The van der Waals surface area contributed by atoms with Crippen molar-refractivity contribution in [2.24, 2.45) is 0 Å². The molecule has 2 amide bonds. The number of benzene rings is 3. The van der Waals surface area contributed by atoms with Gasteiger partial charge in [-0.25, -0.2) is 4.39 Å². The summed E-state index contributed by atoms with van der Waals surface area (Å²) in [5.41, 5.74) is 3.94. The maximum absolute atomic E-state index is 14.2. The lowest BCUT2D eigenvalue weighted by Gasteiger charge is -2.45. The Hall–Kier alpha value is -4.11. The molecular formula is C32H35FN4O4. The molecule has 9 heteroatoms. The van der Waals surface area contributed by atoms with E-state index in [1.54, 1.807) is 25.3 Å². The molecule has 0 unspecified atom stereocenters. The molecule has 1 N–H and O–H groups in total. The summed E-state index contributed by atoms with van der Waals surface area (Å²) in [6.07, 6.45) is 0.744. The zero-order valence-electron chi connectivity index (χ0n) is 23.4. The topological polar surface area (TPSA) is 74.4 Å². The van der Waals surface area contributed by atoms with Gasteiger partial charge in [0.05, 0.1) is 31.9 Å². The van der Waals surface area contributed by atoms with E-state index < -0.39 is 12.0 Å². The average Bonchev–Trinajstić information content (AvgIpc) is 3.01. The molecule has 214 valence electrons. The Morgan fingerprint density at radius 2 is 1.63 bits per heavy atom. The largest absolute Gasteiger partial charge is 0.493 e. The number of piperazine rings is 1. The summed E-state index contributed by atoms with van der Waals surface area (Å²) in [6.45, 7) is 4.72. The van der Waals surface area contributed by atoms with Crippen LogP contribution in [0.2, 0.25) is 0 Å². The van der Waals surface area contributed by atoms with Crippen molar-refractivity contribution in [1.29, 1.82) is 0 Å². The summed E-state index contributed by atoms with van der Waals surface area (Å²) in [6, 6.07) is 18.0. The van der Waals surface area contributed by atoms with Gasteiger partial charge >= 0.3 is 0 Å². The van der Waals surface area contributed by atoms with Gasteiger partial charge in [0.1, 0.15) is 5.82 Å². The number of hydrogen-bond acceptors (Lipinski definition) is 6. The molecule has 3 heterocycles. The van der Waals surface area contributed by atoms with Crippen molar-refractivity contribution in [3.63, 3.8) is 0 Å². The molecule has 3 aromatic carbocycles. The number of nitrogens with one attached hydrogen (secondary N) is 1. The minimum atomic E-state index is -0.596. The first-order chi connectivity index (χ1) is 20.0. The van der Waals surface area contributed by atoms with E-state index in [1.807, 2.05) is 35.2 Å². The van der Waals surface area contributed by atoms with Crippen LogP contribution in [0, 0.1) is 5.82 Å². The Balaban J connectivity index is 1.21. The number of carbonyl (C=O) groups excluding carboxylic acids is 2. The van der Waals surface area contributed by atoms with Gasteiger partial charge in [0.15, 0.2) is 11.5 Å². The lowest BCUT2D eigenvalue weighted by molar-refractivity contribution is -0.124. The van der Waals surface area contributed by atoms with Gasteiger partial charge in [0, 0.05) is 51.4 Å². The summed E-state index contributed by atoms with van der Waals surface area (Å²) in [4.78, 5) is 33.9. The van der Waals surface area contributed by atoms with Crippen LogP contribution >= 0.6 is 0 Å². The zero-order valence-corrected chi connectivity index (χ0v) is 23.4. The Labute approximate surface area is 239 Å². The Bertz CT molecular complexity index is 1460. The SMILES string of the molecule is COc1cc2c(cc1OC)[C@@H](C(=O)NCCN1CCN(c3ccccc3F)CC1)[C@@H]1c3ccccc3CCN1C2=O. The van der Waals surface area contributed by atoms with Crippen LogP contribution in [0.3, 0.4) is 0 Å². The Morgan fingerprint density at radius 1 is 0.927 bits per heavy atom. The first kappa shape index (κ1) is 27.1. The van der Waals surface area contributed by atoms with Crippen LogP contribution in [-0.4, -0.2) is 81.6 Å². The Kier molecular flexibility index (Phi) is 7.53. The van der Waals surface area contributed by atoms with Crippen molar-refractivity contribution in [1.82, 2.24) is 15.1 Å². The highest BCUT2D eigenvalue weighted by Crippen LogP contribution is 2.48. The minimum absolute atomic E-state index is 0.0998. The first-order valence-electron chi connectivity index (χ1n) is 14.1. The third kappa shape index (κ3) is 4.99. The van der Waals surface area contributed by atoms with Gasteiger partial charge in [-0.15, -0.1) is 0 Å². The van der Waals surface area contributed by atoms with E-state index in [2.05, 4.69) is 21.2 Å². The lowest BCUT2D eigenvalue weighted by atomic mass is 9.75. The third-order valence-electron chi connectivity index (χ3n) is 8.60. The average molecular weight is 559 g/mol. The zero-order chi connectivity index (χ0) is 28.5. The molecule has 2 atom stereocenters. The molecule has 3 aliphatic rings. The number of anilines is 1. The number of fused-ring (bicyclic) bond motifs is 4. The smallest absolute Gasteiger partial charge is 0.254 e. The molecule has 3 aliphatic heterocycles. The van der Waals surface area contributed by atoms with Crippen LogP contribution in [0.1, 0.15) is 39.0 Å². The van der Waals surface area contributed by atoms with E-state index >= 15 is 0 Å². The van der Waals surface area contributed by atoms with E-state index in [4.69, 9.17) is 9.47 Å². The normalized spacial score (nSPS) is 20.1. The molecule has 1 saturated heterocycles. The van der Waals surface area contributed by atoms with Crippen LogP contribution in [0.4, 0.5) is 10.1 Å². The molecule has 0 aliphatic carbocycles. The van der Waals surface area contributed by atoms with Crippen molar-refractivity contribution >= 4 is 17.5 Å². The quantitative estimate of drug-likeness (QED) is 0.478. The highest BCUT2D eigenvalue weighted by Gasteiger charge is 2.46. The van der Waals surface area contributed by atoms with Gasteiger partial charge in [-0.3, -0.25) is 14.5 Å². The second-order valence-electron chi connectivity index (χ2n) is 10.7. The van der Waals surface area contributed by atoms with Crippen LogP contribution in [0.25, 0.3) is 0 Å². The van der Waals surface area contributed by atoms with Gasteiger partial charge < -0.3 is 24.6 Å². The highest BCUT2D eigenvalue weighted by molar-refractivity contribution is 6.02. The number of amides is 2. The fraction of sp³-hybridized carbons (Fsp3) is 0.375. The number of methoxy groups -OCH3 is 2. The second kappa shape index (κ2) is 11.4. The standard InChI is InChI=1S/C32H35FN4O4/c1-40-27-19-23-24(20-28(27)41-2)32(39)37-13-11-21-7-3-4-8-22(21)30(37)29(23)31(38)34-12-14-35-15-17-36(18-16-35)26-10-6-5-9-25(26)33/h3-10,19-20,29-30H,11-18H2,1-2H3,(H,34,38)/t29-,30+/m1/s1. The number of nitrogens with zero attached hydrogens (tertiary/aromatic N) is 3. The van der Waals surface area contributed by atoms with Crippen LogP contribution in [0.5, 0.6) is 11.5 Å². The van der Waals surface area contributed by atoms with Gasteiger partial charge in [-0.1, -0.05) is 36.4 Å². The van der Waals surface area contributed by atoms with Gasteiger partial charge in [-0.2, -0.15) is 0 Å². The van der Waals surface area contributed by atoms with Crippen molar-refractivity contribution in [3.05, 3.63) is 88.7 Å². The summed E-state index contributed by atoms with van der Waals surface area (Å²) in [7, 11) is 3.09. The number of carbonyl (C=O) groups is 2. The van der Waals surface area contributed by atoms with Gasteiger partial charge in [0.2, 0.25) is 5.91 Å². The monoisotopic (exact) mass is 558 g/mol. The molecule has 8 nitrogen and oxygen atoms in total. The van der Waals surface area contributed by atoms with Crippen molar-refractivity contribution in [3.8, 4) is 11.5 Å². The van der Waals surface area contributed by atoms with E-state index in [0.717, 1.165) is 43.7 Å². The molecular weight excluding hydrogens is 523 g/mol. The van der Waals surface area contributed by atoms with Crippen molar-refractivity contribution < 1.29 is 23.5 Å². The van der Waals surface area contributed by atoms with Crippen molar-refractivity contribution in [2.45, 2.75) is 18.4 Å². The van der Waals surface area contributed by atoms with E-state index in [0.29, 0.717) is 47.9 Å². The van der Waals surface area contributed by atoms with Crippen LogP contribution in [-0.2, 0) is 11.2 Å². The third-order valence-corrected chi connectivity index (χ3v) is 8.60. The molecule has 0 radical (unpaired) electrons. The fourth-order valence-electron chi connectivity index (χ4n) is 6.50. The number of rotatable bonds is 7. The van der Waals surface area contributed by atoms with E-state index in [9.17, 15) is 14.0 Å². The minimum Gasteiger partial charge on any atom is -0.493 e. The second-order valence-corrected chi connectivity index (χ2v) is 10.7. The predicted octanol–water partition coefficient (Wildman–Crippen LogP) is 3.62. The molecule has 3 aromatic rings. The molecule has 41 heavy (non-hydrogen) atoms. The van der Waals surface area contributed by atoms with Gasteiger partial charge in [-0.05, 0) is 47.4 Å². The number of para-hydroxylation sites is 1. The first-order valence-corrected chi connectivity index (χ1v) is 14.1. The number of halogens is 1. The molecule has 0 spiro atoms. The predicted molar refractivity (Wildman–Crippen MR) is 154 cm³/mol. The summed E-state index contributed by atoms with van der Waals surface area (Å²) >= 11 is 0. The lowest BCUT2D eigenvalue weighted by Crippen LogP contribution is -2.51. The fourth-order valence-corrected chi connectivity index (χ4v) is 6.50. The molecule has 1 fully saturated rings. The van der Waals surface area contributed by atoms with Crippen LogP contribution in [0.15, 0.2) is 60.7 Å². The highest BCUT2D eigenvalue weighted by atomic mass is 19.1. The van der Waals surface area contributed by atoms with Crippen LogP contribution < -0.4 is 19.7 Å². The van der Waals surface area contributed by atoms with E-state index in [1.165, 1.54) is 13.2 Å². The maximum atomic E-state index is 14.2. The number of ether oxygens (including phenoxy) is 2. The summed E-state index contributed by atoms with van der Waals surface area (Å²) < 4.78 is 25.3. The summed E-state index contributed by atoms with van der Waals surface area (Å²) in [5, 5.41) is 3.17. The molecule has 0 bridgehead atoms. The Morgan fingerprint density at radius 3 is 2.39 bits per heavy atom. The molecule has 0 saturated carbocycles. The van der Waals surface area contributed by atoms with E-state index in [-0.39, 0.29) is 17.6 Å². The molecule has 6 rings (SSSR count).